The maximum atomic E-state index is 15.2. The van der Waals surface area contributed by atoms with Crippen LogP contribution in [-0.2, 0) is 20.9 Å². The molecule has 3 aliphatic carbocycles. The lowest BCUT2D eigenvalue weighted by Gasteiger charge is -2.51. The number of anilines is 1. The van der Waals surface area contributed by atoms with Crippen molar-refractivity contribution in [1.29, 1.82) is 0 Å². The van der Waals surface area contributed by atoms with E-state index in [1.165, 1.54) is 18.2 Å². The molecular weight excluding hydrogens is 565 g/mol. The average Bonchev–Trinajstić information content (AvgIpc) is 3.03. The number of nitrogens with two attached hydrogens (primary N) is 1. The second-order valence-corrected chi connectivity index (χ2v) is 12.7. The summed E-state index contributed by atoms with van der Waals surface area (Å²) in [6, 6.07) is 11.3. The highest BCUT2D eigenvalue weighted by molar-refractivity contribution is 6.01. The van der Waals surface area contributed by atoms with Crippen molar-refractivity contribution in [3.05, 3.63) is 83.2 Å². The summed E-state index contributed by atoms with van der Waals surface area (Å²) in [5.74, 6) is -2.22. The van der Waals surface area contributed by atoms with E-state index in [1.807, 2.05) is 19.1 Å². The van der Waals surface area contributed by atoms with Gasteiger partial charge in [-0.1, -0.05) is 43.7 Å². The first-order chi connectivity index (χ1) is 21.0. The Kier molecular flexibility index (Phi) is 9.70. The van der Waals surface area contributed by atoms with Gasteiger partial charge in [-0.05, 0) is 85.9 Å². The third-order valence-corrected chi connectivity index (χ3v) is 9.95. The van der Waals surface area contributed by atoms with Crippen molar-refractivity contribution in [2.45, 2.75) is 71.1 Å². The first-order valence-electron chi connectivity index (χ1n) is 15.4. The Hall–Kier alpha value is -3.37. The van der Waals surface area contributed by atoms with E-state index in [1.54, 1.807) is 30.4 Å². The lowest BCUT2D eigenvalue weighted by molar-refractivity contribution is -0.170. The molecule has 8 nitrogen and oxygen atoms in total. The number of benzene rings is 2. The Balaban J connectivity index is 1.42. The van der Waals surface area contributed by atoms with Crippen LogP contribution >= 0.6 is 0 Å². The van der Waals surface area contributed by atoms with Crippen LogP contribution < -0.4 is 10.5 Å². The molecule has 0 aliphatic heterocycles. The number of nitrogen functional groups attached to an aromatic ring is 1. The third kappa shape index (κ3) is 6.52. The molecule has 2 unspecified atom stereocenters. The van der Waals surface area contributed by atoms with E-state index in [-0.39, 0.29) is 54.3 Å². The Morgan fingerprint density at radius 3 is 2.70 bits per heavy atom. The lowest BCUT2D eigenvalue weighted by atomic mass is 9.54. The SMILES string of the molecule is CC1C[C@@H](O[C@@H](O)c2c(F)cccc2OCc2cccc(N)c2)[C@H](C(=O)CO)CC[C@H](O)C2[C@H]1CCC1=CC(=O)C=C[C@@]12C. The van der Waals surface area contributed by atoms with Crippen molar-refractivity contribution >= 4 is 17.3 Å². The van der Waals surface area contributed by atoms with E-state index in [9.17, 15) is 24.9 Å². The van der Waals surface area contributed by atoms with Crippen LogP contribution in [-0.4, -0.2) is 45.7 Å². The van der Waals surface area contributed by atoms with Crippen LogP contribution in [0.15, 0.2) is 66.3 Å². The molecule has 236 valence electrons. The van der Waals surface area contributed by atoms with Gasteiger partial charge in [-0.3, -0.25) is 9.59 Å². The van der Waals surface area contributed by atoms with E-state index in [2.05, 4.69) is 6.92 Å². The number of aliphatic hydroxyl groups excluding tert-OH is 3. The minimum Gasteiger partial charge on any atom is -0.488 e. The third-order valence-electron chi connectivity index (χ3n) is 9.95. The van der Waals surface area contributed by atoms with Gasteiger partial charge in [-0.2, -0.15) is 0 Å². The van der Waals surface area contributed by atoms with Crippen molar-refractivity contribution in [2.24, 2.45) is 29.1 Å². The molecule has 0 saturated heterocycles. The Morgan fingerprint density at radius 1 is 1.18 bits per heavy atom. The van der Waals surface area contributed by atoms with Gasteiger partial charge in [0.2, 0.25) is 0 Å². The van der Waals surface area contributed by atoms with Gasteiger partial charge < -0.3 is 30.5 Å². The number of carbonyl (C=O) groups excluding carboxylic acids is 2. The number of carbonyl (C=O) groups is 2. The molecule has 9 heteroatoms. The first-order valence-corrected chi connectivity index (χ1v) is 15.4. The lowest BCUT2D eigenvalue weighted by Crippen LogP contribution is -2.47. The fraction of sp³-hybridized carbons (Fsp3) is 0.486. The van der Waals surface area contributed by atoms with Crippen LogP contribution in [0.5, 0.6) is 5.75 Å². The summed E-state index contributed by atoms with van der Waals surface area (Å²) >= 11 is 0. The Bertz CT molecular complexity index is 1440. The van der Waals surface area contributed by atoms with Gasteiger partial charge in [0.25, 0.3) is 0 Å². The van der Waals surface area contributed by atoms with Crippen molar-refractivity contribution in [2.75, 3.05) is 12.3 Å². The van der Waals surface area contributed by atoms with Crippen molar-refractivity contribution in [3.8, 4) is 5.75 Å². The highest BCUT2D eigenvalue weighted by Crippen LogP contribution is 2.55. The predicted octanol–water partition coefficient (Wildman–Crippen LogP) is 4.82. The van der Waals surface area contributed by atoms with E-state index >= 15 is 4.39 Å². The minimum atomic E-state index is -1.76. The molecule has 5 N–H and O–H groups in total. The number of allylic oxidation sites excluding steroid dienone is 4. The fourth-order valence-electron chi connectivity index (χ4n) is 7.69. The van der Waals surface area contributed by atoms with Crippen molar-refractivity contribution in [1.82, 2.24) is 0 Å². The molecule has 2 aromatic carbocycles. The number of ketones is 2. The second-order valence-electron chi connectivity index (χ2n) is 12.7. The Labute approximate surface area is 257 Å². The molecule has 2 aromatic rings. The van der Waals surface area contributed by atoms with Crippen molar-refractivity contribution in [3.63, 3.8) is 0 Å². The molecule has 44 heavy (non-hydrogen) atoms. The maximum absolute atomic E-state index is 15.2. The molecule has 0 amide bonds. The van der Waals surface area contributed by atoms with Gasteiger partial charge in [0.1, 0.15) is 24.8 Å². The largest absolute Gasteiger partial charge is 0.488 e. The van der Waals surface area contributed by atoms with Gasteiger partial charge in [0, 0.05) is 22.9 Å². The van der Waals surface area contributed by atoms with Gasteiger partial charge >= 0.3 is 0 Å². The zero-order valence-electron chi connectivity index (χ0n) is 25.2. The molecule has 0 radical (unpaired) electrons. The molecule has 0 spiro atoms. The summed E-state index contributed by atoms with van der Waals surface area (Å²) in [5.41, 5.74) is 7.50. The van der Waals surface area contributed by atoms with Gasteiger partial charge in [-0.15, -0.1) is 0 Å². The fourth-order valence-corrected chi connectivity index (χ4v) is 7.69. The van der Waals surface area contributed by atoms with E-state index < -0.39 is 48.0 Å². The summed E-state index contributed by atoms with van der Waals surface area (Å²) in [4.78, 5) is 25.3. The zero-order valence-corrected chi connectivity index (χ0v) is 25.2. The minimum absolute atomic E-state index is 0.0295. The van der Waals surface area contributed by atoms with Crippen molar-refractivity contribution < 1.29 is 38.8 Å². The molecule has 0 bridgehead atoms. The Morgan fingerprint density at radius 2 is 1.95 bits per heavy atom. The number of Topliss-reactive ketones (excluding diaryl/α,β-unsaturated/α-hetero) is 1. The van der Waals surface area contributed by atoms with Crippen LogP contribution in [0, 0.1) is 34.9 Å². The molecule has 8 atom stereocenters. The normalized spacial score (nSPS) is 31.0. The van der Waals surface area contributed by atoms with E-state index in [0.717, 1.165) is 17.6 Å². The predicted molar refractivity (Wildman–Crippen MR) is 163 cm³/mol. The van der Waals surface area contributed by atoms with Crippen LogP contribution in [0.3, 0.4) is 0 Å². The van der Waals surface area contributed by atoms with E-state index in [0.29, 0.717) is 18.5 Å². The number of aliphatic hydroxyl groups is 3. The highest BCUT2D eigenvalue weighted by atomic mass is 19.1. The first kappa shape index (κ1) is 32.0. The summed E-state index contributed by atoms with van der Waals surface area (Å²) in [6.45, 7) is 3.46. The topological polar surface area (TPSA) is 139 Å². The van der Waals surface area contributed by atoms with Crippen LogP contribution in [0.4, 0.5) is 10.1 Å². The summed E-state index contributed by atoms with van der Waals surface area (Å²) in [7, 11) is 0. The number of hydrogen-bond donors (Lipinski definition) is 4. The van der Waals surface area contributed by atoms with Crippen LogP contribution in [0.25, 0.3) is 0 Å². The molecule has 0 aromatic heterocycles. The summed E-state index contributed by atoms with van der Waals surface area (Å²) < 4.78 is 27.3. The quantitative estimate of drug-likeness (QED) is 0.248. The molecule has 2 saturated carbocycles. The molecular formula is C35H42FNO7. The number of fused-ring (bicyclic) bond motifs is 3. The number of hydrogen-bond acceptors (Lipinski definition) is 8. The van der Waals surface area contributed by atoms with Crippen LogP contribution in [0.2, 0.25) is 0 Å². The van der Waals surface area contributed by atoms with Crippen LogP contribution in [0.1, 0.15) is 63.4 Å². The monoisotopic (exact) mass is 607 g/mol. The van der Waals surface area contributed by atoms with E-state index in [4.69, 9.17) is 15.2 Å². The van der Waals surface area contributed by atoms with Gasteiger partial charge in [0.15, 0.2) is 17.9 Å². The molecule has 0 heterocycles. The number of ether oxygens (including phenoxy) is 2. The zero-order chi connectivity index (χ0) is 31.6. The molecule has 5 rings (SSSR count). The average molecular weight is 608 g/mol. The number of halogens is 1. The summed E-state index contributed by atoms with van der Waals surface area (Å²) in [6.07, 6.45) is 4.03. The highest BCUT2D eigenvalue weighted by Gasteiger charge is 2.51. The van der Waals surface area contributed by atoms with Gasteiger partial charge in [-0.25, -0.2) is 4.39 Å². The smallest absolute Gasteiger partial charge is 0.188 e. The second kappa shape index (κ2) is 13.3. The van der Waals surface area contributed by atoms with Gasteiger partial charge in [0.05, 0.1) is 17.8 Å². The maximum Gasteiger partial charge on any atom is 0.188 e. The summed E-state index contributed by atoms with van der Waals surface area (Å²) in [5, 5.41) is 32.8. The molecule has 3 aliphatic rings. The molecule has 2 fully saturated rings. The standard InChI is InChI=1S/C35H42FNO7/c1-20-15-31(44-34(42)32-27(36)7-4-8-30(32)43-19-21-5-3-6-23(37)16-21)26(29(41)18-38)11-12-28(40)33-25(20)10-9-22-17-24(39)13-14-35(22,33)2/h3-8,13-14,16-17,20,25-26,28,31,33-34,38,40,42H,9-12,15,18-19,37H2,1-2H3/t20?,25-,26-,28-,31+,33?,34+,35-/m0/s1. The number of rotatable bonds is 8.